The van der Waals surface area contributed by atoms with E-state index in [2.05, 4.69) is 0 Å². The van der Waals surface area contributed by atoms with E-state index in [-0.39, 0.29) is 11.1 Å². The predicted octanol–water partition coefficient (Wildman–Crippen LogP) is 5.70. The van der Waals surface area contributed by atoms with Gasteiger partial charge in [0.05, 0.1) is 23.6 Å². The minimum Gasteiger partial charge on any atom is -0.349 e. The molecule has 2 fully saturated rings. The molecule has 6 nitrogen and oxygen atoms in total. The second-order valence-electron chi connectivity index (χ2n) is 9.96. The van der Waals surface area contributed by atoms with Crippen LogP contribution in [0, 0.1) is 11.8 Å². The number of rotatable bonds is 3. The van der Waals surface area contributed by atoms with Gasteiger partial charge in [-0.3, -0.25) is 19.2 Å². The predicted molar refractivity (Wildman–Crippen MR) is 144 cm³/mol. The Hall–Kier alpha value is -4.39. The molecule has 4 aromatic rings. The summed E-state index contributed by atoms with van der Waals surface area (Å²) in [5.41, 5.74) is 1.14. The van der Waals surface area contributed by atoms with E-state index in [9.17, 15) is 19.2 Å². The smallest absolute Gasteiger partial charge is 0.241 e. The Morgan fingerprint density at radius 1 is 0.641 bits per heavy atom. The number of carbonyl (C=O) groups is 4. The van der Waals surface area contributed by atoms with Crippen LogP contribution in [-0.4, -0.2) is 29.0 Å². The van der Waals surface area contributed by atoms with Crippen LogP contribution in [0.1, 0.15) is 32.4 Å². The first-order valence-corrected chi connectivity index (χ1v) is 12.9. The fraction of sp³-hybridized carbons (Fsp3) is 0.125. The third-order valence-corrected chi connectivity index (χ3v) is 8.20. The Labute approximate surface area is 228 Å². The molecule has 3 aliphatic rings. The molecule has 2 heterocycles. The standard InChI is InChI=1S/C32H20ClNO5/c33-21-14-10-20(11-15-21)27-25-26(32(39-27)28(35)23-8-4-5-9-24(23)29(32)36)31(38)34(30(25)37)22-16-12-19(13-17-22)18-6-2-1-3-7-18/h1-17,25-27H/t25-,26-,27+/m1/s1. The van der Waals surface area contributed by atoms with Gasteiger partial charge in [0.2, 0.25) is 29.0 Å². The molecule has 1 aliphatic carbocycles. The molecule has 2 aliphatic heterocycles. The number of carbonyl (C=O) groups excluding carboxylic acids is 4. The highest BCUT2D eigenvalue weighted by atomic mass is 35.5. The van der Waals surface area contributed by atoms with Crippen LogP contribution in [0.3, 0.4) is 0 Å². The zero-order valence-electron chi connectivity index (χ0n) is 20.4. The number of hydrogen-bond donors (Lipinski definition) is 0. The van der Waals surface area contributed by atoms with Crippen molar-refractivity contribution in [2.75, 3.05) is 4.90 Å². The van der Waals surface area contributed by atoms with Crippen molar-refractivity contribution in [3.05, 3.63) is 125 Å². The molecule has 2 amide bonds. The molecule has 0 unspecified atom stereocenters. The highest BCUT2D eigenvalue weighted by Crippen LogP contribution is 2.57. The van der Waals surface area contributed by atoms with Gasteiger partial charge in [-0.15, -0.1) is 0 Å². The SMILES string of the molecule is O=C1[C@H]2[C@H](c3ccc(Cl)cc3)OC3(C(=O)c4ccccc4C3=O)[C@H]2C(=O)N1c1ccc(-c2ccccc2)cc1. The largest absolute Gasteiger partial charge is 0.349 e. The van der Waals surface area contributed by atoms with E-state index in [1.165, 1.54) is 0 Å². The molecule has 190 valence electrons. The van der Waals surface area contributed by atoms with Crippen LogP contribution in [0.25, 0.3) is 11.1 Å². The van der Waals surface area contributed by atoms with Gasteiger partial charge in [0, 0.05) is 16.1 Å². The Morgan fingerprint density at radius 2 is 1.21 bits per heavy atom. The molecule has 3 atom stereocenters. The van der Waals surface area contributed by atoms with Gasteiger partial charge in [0.25, 0.3) is 0 Å². The van der Waals surface area contributed by atoms with Crippen LogP contribution >= 0.6 is 11.6 Å². The lowest BCUT2D eigenvalue weighted by molar-refractivity contribution is -0.127. The van der Waals surface area contributed by atoms with Gasteiger partial charge in [0.15, 0.2) is 0 Å². The summed E-state index contributed by atoms with van der Waals surface area (Å²) >= 11 is 6.09. The molecule has 0 aromatic heterocycles. The zero-order chi connectivity index (χ0) is 26.9. The van der Waals surface area contributed by atoms with Crippen LogP contribution in [0.15, 0.2) is 103 Å². The van der Waals surface area contributed by atoms with E-state index < -0.39 is 46.9 Å². The van der Waals surface area contributed by atoms with E-state index in [1.807, 2.05) is 42.5 Å². The van der Waals surface area contributed by atoms with E-state index in [4.69, 9.17) is 16.3 Å². The molecule has 0 N–H and O–H groups in total. The quantitative estimate of drug-likeness (QED) is 0.249. The summed E-state index contributed by atoms with van der Waals surface area (Å²) in [5, 5.41) is 0.484. The minimum atomic E-state index is -2.11. The van der Waals surface area contributed by atoms with Crippen LogP contribution in [0.4, 0.5) is 5.69 Å². The average molecular weight is 534 g/mol. The number of nitrogens with zero attached hydrogens (tertiary/aromatic N) is 1. The number of imide groups is 1. The van der Waals surface area contributed by atoms with Crippen molar-refractivity contribution in [2.45, 2.75) is 11.7 Å². The lowest BCUT2D eigenvalue weighted by Crippen LogP contribution is -2.51. The van der Waals surface area contributed by atoms with Crippen molar-refractivity contribution in [2.24, 2.45) is 11.8 Å². The van der Waals surface area contributed by atoms with Gasteiger partial charge in [0.1, 0.15) is 0 Å². The highest BCUT2D eigenvalue weighted by molar-refractivity contribution is 6.37. The second-order valence-corrected chi connectivity index (χ2v) is 10.4. The summed E-state index contributed by atoms with van der Waals surface area (Å²) in [6, 6.07) is 29.9. The first-order chi connectivity index (χ1) is 18.9. The number of hydrogen-bond acceptors (Lipinski definition) is 5. The van der Waals surface area contributed by atoms with Gasteiger partial charge in [-0.1, -0.05) is 90.5 Å². The molecule has 0 radical (unpaired) electrons. The third kappa shape index (κ3) is 3.25. The normalized spacial score (nSPS) is 23.0. The summed E-state index contributed by atoms with van der Waals surface area (Å²) < 4.78 is 6.30. The second kappa shape index (κ2) is 8.56. The lowest BCUT2D eigenvalue weighted by Gasteiger charge is -2.27. The summed E-state index contributed by atoms with van der Waals surface area (Å²) in [5.74, 6) is -4.66. The number of fused-ring (bicyclic) bond motifs is 3. The van der Waals surface area contributed by atoms with Crippen molar-refractivity contribution in [3.8, 4) is 11.1 Å². The highest BCUT2D eigenvalue weighted by Gasteiger charge is 2.74. The molecule has 7 rings (SSSR count). The van der Waals surface area contributed by atoms with E-state index in [0.717, 1.165) is 16.0 Å². The average Bonchev–Trinajstić information content (AvgIpc) is 3.54. The maximum absolute atomic E-state index is 14.1. The van der Waals surface area contributed by atoms with Gasteiger partial charge < -0.3 is 4.74 Å². The Balaban J connectivity index is 1.34. The van der Waals surface area contributed by atoms with Gasteiger partial charge in [-0.25, -0.2) is 4.90 Å². The van der Waals surface area contributed by atoms with Gasteiger partial charge in [-0.2, -0.15) is 0 Å². The first-order valence-electron chi connectivity index (χ1n) is 12.6. The maximum atomic E-state index is 14.1. The zero-order valence-corrected chi connectivity index (χ0v) is 21.2. The summed E-state index contributed by atoms with van der Waals surface area (Å²) in [6.45, 7) is 0. The van der Waals surface area contributed by atoms with Crippen molar-refractivity contribution in [1.29, 1.82) is 0 Å². The topological polar surface area (TPSA) is 80.8 Å². The number of anilines is 1. The molecule has 0 bridgehead atoms. The lowest BCUT2D eigenvalue weighted by atomic mass is 9.77. The van der Waals surface area contributed by atoms with Gasteiger partial charge >= 0.3 is 0 Å². The van der Waals surface area contributed by atoms with E-state index in [0.29, 0.717) is 16.3 Å². The number of ketones is 2. The molecule has 7 heteroatoms. The summed E-state index contributed by atoms with van der Waals surface area (Å²) in [4.78, 5) is 56.9. The Bertz CT molecular complexity index is 1650. The summed E-state index contributed by atoms with van der Waals surface area (Å²) in [6.07, 6.45) is -0.987. The molecule has 1 spiro atoms. The van der Waals surface area contributed by atoms with Crippen LogP contribution in [0.2, 0.25) is 5.02 Å². The van der Waals surface area contributed by atoms with E-state index in [1.54, 1.807) is 60.7 Å². The van der Waals surface area contributed by atoms with Crippen molar-refractivity contribution < 1.29 is 23.9 Å². The van der Waals surface area contributed by atoms with Crippen LogP contribution < -0.4 is 4.90 Å². The Morgan fingerprint density at radius 3 is 1.82 bits per heavy atom. The molecule has 2 saturated heterocycles. The Kier molecular flexibility index (Phi) is 5.20. The molecular weight excluding hydrogens is 514 g/mol. The number of ether oxygens (including phenoxy) is 1. The van der Waals surface area contributed by atoms with Crippen molar-refractivity contribution >= 4 is 40.7 Å². The molecule has 39 heavy (non-hydrogen) atoms. The first kappa shape index (κ1) is 23.7. The number of Topliss-reactive ketones (excluding diaryl/α,β-unsaturated/α-hetero) is 2. The third-order valence-electron chi connectivity index (χ3n) is 7.95. The van der Waals surface area contributed by atoms with Crippen LogP contribution in [-0.2, 0) is 14.3 Å². The number of benzene rings is 4. The molecular formula is C32H20ClNO5. The fourth-order valence-electron chi connectivity index (χ4n) is 6.16. The van der Waals surface area contributed by atoms with Crippen molar-refractivity contribution in [3.63, 3.8) is 0 Å². The fourth-order valence-corrected chi connectivity index (χ4v) is 6.28. The number of amides is 2. The molecule has 0 saturated carbocycles. The van der Waals surface area contributed by atoms with Crippen molar-refractivity contribution in [1.82, 2.24) is 0 Å². The summed E-state index contributed by atoms with van der Waals surface area (Å²) in [7, 11) is 0. The molecule has 4 aromatic carbocycles. The van der Waals surface area contributed by atoms with Gasteiger partial charge in [-0.05, 0) is 41.0 Å². The maximum Gasteiger partial charge on any atom is 0.241 e. The van der Waals surface area contributed by atoms with E-state index >= 15 is 0 Å². The minimum absolute atomic E-state index is 0.198. The van der Waals surface area contributed by atoms with Crippen LogP contribution in [0.5, 0.6) is 0 Å². The number of halogens is 1. The monoisotopic (exact) mass is 533 g/mol.